The average molecular weight is 408 g/mol. The van der Waals surface area contributed by atoms with E-state index in [9.17, 15) is 9.18 Å². The molecule has 0 spiro atoms. The second-order valence-electron chi connectivity index (χ2n) is 7.41. The lowest BCUT2D eigenvalue weighted by molar-refractivity contribution is 0.139. The lowest BCUT2D eigenvalue weighted by Gasteiger charge is -2.18. The largest absolute Gasteiger partial charge is 0.444 e. The van der Waals surface area contributed by atoms with E-state index in [0.717, 1.165) is 24.1 Å². The molecule has 1 aliphatic heterocycles. The number of amides is 1. The highest BCUT2D eigenvalue weighted by molar-refractivity contribution is 5.90. The molecule has 2 aromatic carbocycles. The Bertz CT molecular complexity index is 1000. The van der Waals surface area contributed by atoms with Gasteiger partial charge >= 0.3 is 6.09 Å². The minimum Gasteiger partial charge on any atom is -0.444 e. The number of aromatic nitrogens is 2. The van der Waals surface area contributed by atoms with Crippen LogP contribution >= 0.6 is 0 Å². The van der Waals surface area contributed by atoms with E-state index in [1.54, 1.807) is 24.7 Å². The molecule has 3 aromatic rings. The van der Waals surface area contributed by atoms with E-state index in [4.69, 9.17) is 4.74 Å². The molecule has 0 bridgehead atoms. The van der Waals surface area contributed by atoms with Gasteiger partial charge in [0, 0.05) is 30.5 Å². The molecule has 1 amide bonds. The molecule has 1 fully saturated rings. The van der Waals surface area contributed by atoms with Gasteiger partial charge in [-0.1, -0.05) is 31.2 Å². The fourth-order valence-corrected chi connectivity index (χ4v) is 3.71. The number of carbonyl (C=O) groups is 1. The smallest absolute Gasteiger partial charge is 0.414 e. The molecule has 30 heavy (non-hydrogen) atoms. The Morgan fingerprint density at radius 2 is 2.07 bits per heavy atom. The summed E-state index contributed by atoms with van der Waals surface area (Å²) in [5.74, 6) is -0.364. The summed E-state index contributed by atoms with van der Waals surface area (Å²) in [5, 5.41) is 3.31. The zero-order valence-corrected chi connectivity index (χ0v) is 17.1. The predicted octanol–water partition coefficient (Wildman–Crippen LogP) is 4.39. The number of imidazole rings is 1. The molecule has 2 heterocycles. The second-order valence-corrected chi connectivity index (χ2v) is 7.41. The molecule has 6 nitrogen and oxygen atoms in total. The van der Waals surface area contributed by atoms with Gasteiger partial charge < -0.3 is 14.6 Å². The molecule has 1 aromatic heterocycles. The number of benzene rings is 2. The molecule has 0 saturated carbocycles. The lowest BCUT2D eigenvalue weighted by Crippen LogP contribution is -2.24. The van der Waals surface area contributed by atoms with Crippen LogP contribution in [0.5, 0.6) is 0 Å². The van der Waals surface area contributed by atoms with Gasteiger partial charge in [-0.25, -0.2) is 14.2 Å². The van der Waals surface area contributed by atoms with Gasteiger partial charge in [-0.2, -0.15) is 0 Å². The van der Waals surface area contributed by atoms with Crippen LogP contribution in [0.25, 0.3) is 11.1 Å². The van der Waals surface area contributed by atoms with Crippen molar-refractivity contribution in [3.8, 4) is 11.1 Å². The molecule has 0 radical (unpaired) electrons. The molecular formula is C23H25FN4O2. The first kappa shape index (κ1) is 20.1. The third kappa shape index (κ3) is 4.07. The maximum atomic E-state index is 14.9. The third-order valence-electron chi connectivity index (χ3n) is 5.52. The maximum absolute atomic E-state index is 14.9. The summed E-state index contributed by atoms with van der Waals surface area (Å²) in [6.45, 7) is 3.16. The highest BCUT2D eigenvalue weighted by atomic mass is 19.1. The van der Waals surface area contributed by atoms with E-state index in [1.807, 2.05) is 49.0 Å². The van der Waals surface area contributed by atoms with Crippen molar-refractivity contribution in [1.82, 2.24) is 14.9 Å². The van der Waals surface area contributed by atoms with Gasteiger partial charge in [-0.3, -0.25) is 4.90 Å². The van der Waals surface area contributed by atoms with Crippen molar-refractivity contribution in [1.29, 1.82) is 0 Å². The number of carbonyl (C=O) groups excluding carboxylic acids is 1. The van der Waals surface area contributed by atoms with Crippen molar-refractivity contribution in [2.75, 3.05) is 18.5 Å². The Balaban J connectivity index is 1.52. The van der Waals surface area contributed by atoms with E-state index in [1.165, 1.54) is 11.0 Å². The van der Waals surface area contributed by atoms with Crippen molar-refractivity contribution in [2.45, 2.75) is 32.0 Å². The number of hydrogen-bond acceptors (Lipinski definition) is 4. The third-order valence-corrected chi connectivity index (χ3v) is 5.52. The molecule has 1 N–H and O–H groups in total. The van der Waals surface area contributed by atoms with Gasteiger partial charge in [-0.05, 0) is 42.8 Å². The van der Waals surface area contributed by atoms with E-state index in [0.29, 0.717) is 17.8 Å². The highest BCUT2D eigenvalue weighted by Crippen LogP contribution is 2.30. The Hall–Kier alpha value is -3.19. The Morgan fingerprint density at radius 3 is 2.67 bits per heavy atom. The lowest BCUT2D eigenvalue weighted by atomic mass is 10.00. The summed E-state index contributed by atoms with van der Waals surface area (Å²) >= 11 is 0. The van der Waals surface area contributed by atoms with Crippen LogP contribution in [0, 0.1) is 5.82 Å². The number of ether oxygens (including phenoxy) is 1. The van der Waals surface area contributed by atoms with E-state index in [2.05, 4.69) is 10.3 Å². The van der Waals surface area contributed by atoms with Gasteiger partial charge in [0.1, 0.15) is 11.9 Å². The number of anilines is 1. The van der Waals surface area contributed by atoms with E-state index in [-0.39, 0.29) is 18.0 Å². The summed E-state index contributed by atoms with van der Waals surface area (Å²) < 4.78 is 22.2. The summed E-state index contributed by atoms with van der Waals surface area (Å²) in [6, 6.07) is 12.8. The van der Waals surface area contributed by atoms with Crippen molar-refractivity contribution < 1.29 is 13.9 Å². The molecular weight excluding hydrogens is 383 g/mol. The van der Waals surface area contributed by atoms with Crippen LogP contribution in [-0.4, -0.2) is 35.3 Å². The summed E-state index contributed by atoms with van der Waals surface area (Å²) in [4.78, 5) is 17.6. The maximum Gasteiger partial charge on any atom is 0.414 e. The van der Waals surface area contributed by atoms with Crippen LogP contribution in [0.15, 0.2) is 61.2 Å². The number of nitrogens with one attached hydrogen (secondary N) is 1. The van der Waals surface area contributed by atoms with Crippen molar-refractivity contribution >= 4 is 11.8 Å². The number of rotatable bonds is 7. The average Bonchev–Trinajstić information content (AvgIpc) is 3.41. The number of likely N-dealkylation sites (N-methyl/N-ethyl adjacent to an activating group) is 1. The molecule has 1 aliphatic rings. The fraction of sp³-hybridized carbons (Fsp3) is 0.304. The summed E-state index contributed by atoms with van der Waals surface area (Å²) in [6.07, 6.45) is 5.64. The predicted molar refractivity (Wildman–Crippen MR) is 114 cm³/mol. The van der Waals surface area contributed by atoms with Crippen LogP contribution in [-0.2, 0) is 11.3 Å². The topological polar surface area (TPSA) is 59.4 Å². The number of hydrogen-bond donors (Lipinski definition) is 1. The summed E-state index contributed by atoms with van der Waals surface area (Å²) in [7, 11) is 1.92. The van der Waals surface area contributed by atoms with Gasteiger partial charge in [-0.15, -0.1) is 0 Å². The van der Waals surface area contributed by atoms with Gasteiger partial charge in [0.05, 0.1) is 18.6 Å². The van der Waals surface area contributed by atoms with Gasteiger partial charge in [0.2, 0.25) is 0 Å². The van der Waals surface area contributed by atoms with Crippen molar-refractivity contribution in [3.05, 3.63) is 72.6 Å². The first-order chi connectivity index (χ1) is 14.6. The first-order valence-corrected chi connectivity index (χ1v) is 10.1. The van der Waals surface area contributed by atoms with Crippen molar-refractivity contribution in [3.63, 3.8) is 0 Å². The molecule has 4 rings (SSSR count). The van der Waals surface area contributed by atoms with E-state index >= 15 is 0 Å². The summed E-state index contributed by atoms with van der Waals surface area (Å²) in [5.41, 5.74) is 2.91. The van der Waals surface area contributed by atoms with Gasteiger partial charge in [0.15, 0.2) is 0 Å². The second kappa shape index (κ2) is 8.67. The molecule has 2 atom stereocenters. The number of halogens is 1. The van der Waals surface area contributed by atoms with Crippen molar-refractivity contribution in [2.24, 2.45) is 0 Å². The molecule has 7 heteroatoms. The molecule has 156 valence electrons. The molecule has 0 aliphatic carbocycles. The first-order valence-electron chi connectivity index (χ1n) is 10.1. The van der Waals surface area contributed by atoms with Gasteiger partial charge in [0.25, 0.3) is 0 Å². The zero-order chi connectivity index (χ0) is 21.1. The minimum atomic E-state index is -0.422. The number of cyclic esters (lactones) is 1. The monoisotopic (exact) mass is 408 g/mol. The van der Waals surface area contributed by atoms with E-state index < -0.39 is 6.09 Å². The van der Waals surface area contributed by atoms with Crippen LogP contribution in [0.4, 0.5) is 14.9 Å². The Kier molecular flexibility index (Phi) is 5.81. The standard InChI is InChI=1S/C23H25FN4O2/c1-3-19-13-28(23(29)30-19)18-8-9-20(21(24)12-18)16-4-6-17(7-5-16)22(25-2)14-27-11-10-26-15-27/h4-12,15,19,22,25H,3,13-14H2,1-2H3/t19-,22-/m0/s1. The van der Waals surface area contributed by atoms with Crippen LogP contribution < -0.4 is 10.2 Å². The quantitative estimate of drug-likeness (QED) is 0.630. The SMILES string of the molecule is CC[C@H]1CN(c2ccc(-c3ccc([C@H](Cn4ccnc4)NC)cc3)c(F)c2)C(=O)O1. The molecule has 0 unspecified atom stereocenters. The number of nitrogens with zero attached hydrogens (tertiary/aromatic N) is 3. The highest BCUT2D eigenvalue weighted by Gasteiger charge is 2.31. The molecule has 1 saturated heterocycles. The van der Waals surface area contributed by atoms with Crippen LogP contribution in [0.1, 0.15) is 24.9 Å². The van der Waals surface area contributed by atoms with Crippen LogP contribution in [0.2, 0.25) is 0 Å². The van der Waals surface area contributed by atoms with Crippen LogP contribution in [0.3, 0.4) is 0 Å². The fourth-order valence-electron chi connectivity index (χ4n) is 3.71. The minimum absolute atomic E-state index is 0.119. The normalized spacial score (nSPS) is 17.2. The Morgan fingerprint density at radius 1 is 1.27 bits per heavy atom. The Labute approximate surface area is 175 Å². The zero-order valence-electron chi connectivity index (χ0n) is 17.1.